The van der Waals surface area contributed by atoms with Crippen molar-refractivity contribution in [3.8, 4) is 0 Å². The second-order valence-electron chi connectivity index (χ2n) is 4.43. The largest absolute Gasteiger partial charge is 0.288 e. The number of aryl methyl sites for hydroxylation is 2. The number of halogens is 1. The molecule has 0 N–H and O–H groups in total. The standard InChI is InChI=1S/C16H15ClN2O/c1-12-10-15(19(2)18-12)16(20)9-8-14(17)11-13-6-4-3-5-7-13/h3-11H,1-2H3/b9-8+,14-11-. The van der Waals surface area contributed by atoms with Crippen molar-refractivity contribution in [2.75, 3.05) is 0 Å². The van der Waals surface area contributed by atoms with E-state index in [1.54, 1.807) is 29.9 Å². The number of ketones is 1. The Hall–Kier alpha value is -2.13. The van der Waals surface area contributed by atoms with Crippen molar-refractivity contribution in [3.63, 3.8) is 0 Å². The van der Waals surface area contributed by atoms with E-state index in [1.807, 2.05) is 37.3 Å². The van der Waals surface area contributed by atoms with Gasteiger partial charge in [0.05, 0.1) is 5.69 Å². The molecule has 0 aliphatic carbocycles. The van der Waals surface area contributed by atoms with Crippen LogP contribution in [0.2, 0.25) is 0 Å². The van der Waals surface area contributed by atoms with Crippen molar-refractivity contribution in [2.24, 2.45) is 7.05 Å². The smallest absolute Gasteiger partial charge is 0.203 e. The number of aromatic nitrogens is 2. The second kappa shape index (κ2) is 6.35. The first-order valence-corrected chi connectivity index (χ1v) is 6.59. The van der Waals surface area contributed by atoms with Gasteiger partial charge >= 0.3 is 0 Å². The zero-order chi connectivity index (χ0) is 14.5. The SMILES string of the molecule is Cc1cc(C(=O)/C=C/C(Cl)=C/c2ccccc2)n(C)n1. The molecule has 0 aliphatic rings. The third kappa shape index (κ3) is 3.68. The zero-order valence-corrected chi connectivity index (χ0v) is 12.1. The van der Waals surface area contributed by atoms with Gasteiger partial charge in [-0.25, -0.2) is 0 Å². The average molecular weight is 287 g/mol. The van der Waals surface area contributed by atoms with Gasteiger partial charge in [-0.3, -0.25) is 9.48 Å². The van der Waals surface area contributed by atoms with Gasteiger partial charge in [-0.2, -0.15) is 5.10 Å². The third-order valence-corrected chi connectivity index (χ3v) is 2.99. The van der Waals surface area contributed by atoms with Crippen LogP contribution >= 0.6 is 11.6 Å². The summed E-state index contributed by atoms with van der Waals surface area (Å²) in [6.07, 6.45) is 4.86. The van der Waals surface area contributed by atoms with E-state index in [0.717, 1.165) is 11.3 Å². The number of carbonyl (C=O) groups excluding carboxylic acids is 1. The molecular weight excluding hydrogens is 272 g/mol. The summed E-state index contributed by atoms with van der Waals surface area (Å²) in [6, 6.07) is 11.5. The maximum Gasteiger partial charge on any atom is 0.203 e. The zero-order valence-electron chi connectivity index (χ0n) is 11.4. The van der Waals surface area contributed by atoms with Crippen molar-refractivity contribution in [1.82, 2.24) is 9.78 Å². The molecule has 0 amide bonds. The minimum Gasteiger partial charge on any atom is -0.288 e. The first-order valence-electron chi connectivity index (χ1n) is 6.21. The predicted molar refractivity (Wildman–Crippen MR) is 81.7 cm³/mol. The second-order valence-corrected chi connectivity index (χ2v) is 4.87. The summed E-state index contributed by atoms with van der Waals surface area (Å²) in [5.74, 6) is -0.118. The molecule has 20 heavy (non-hydrogen) atoms. The Morgan fingerprint density at radius 3 is 2.55 bits per heavy atom. The van der Waals surface area contributed by atoms with Crippen LogP contribution in [-0.4, -0.2) is 15.6 Å². The van der Waals surface area contributed by atoms with E-state index < -0.39 is 0 Å². The molecule has 4 heteroatoms. The first-order chi connectivity index (χ1) is 9.56. The van der Waals surface area contributed by atoms with Crippen molar-refractivity contribution >= 4 is 23.5 Å². The maximum atomic E-state index is 12.0. The van der Waals surface area contributed by atoms with Gasteiger partial charge in [-0.05, 0) is 36.8 Å². The fourth-order valence-corrected chi connectivity index (χ4v) is 2.03. The minimum atomic E-state index is -0.118. The van der Waals surface area contributed by atoms with E-state index in [-0.39, 0.29) is 5.78 Å². The molecule has 1 aromatic carbocycles. The van der Waals surface area contributed by atoms with E-state index in [1.165, 1.54) is 6.08 Å². The monoisotopic (exact) mass is 286 g/mol. The van der Waals surface area contributed by atoms with Crippen LogP contribution in [0, 0.1) is 6.92 Å². The van der Waals surface area contributed by atoms with Crippen LogP contribution in [0.4, 0.5) is 0 Å². The molecule has 0 bridgehead atoms. The van der Waals surface area contributed by atoms with Crippen LogP contribution in [0.1, 0.15) is 21.7 Å². The number of allylic oxidation sites excluding steroid dienone is 3. The van der Waals surface area contributed by atoms with Gasteiger partial charge in [0.1, 0.15) is 5.69 Å². The number of carbonyl (C=O) groups is 1. The normalized spacial score (nSPS) is 12.1. The third-order valence-electron chi connectivity index (χ3n) is 2.75. The average Bonchev–Trinajstić information content (AvgIpc) is 2.76. The first kappa shape index (κ1) is 14.3. The van der Waals surface area contributed by atoms with Crippen molar-refractivity contribution in [2.45, 2.75) is 6.92 Å². The van der Waals surface area contributed by atoms with Gasteiger partial charge in [-0.1, -0.05) is 41.9 Å². The number of nitrogens with zero attached hydrogens (tertiary/aromatic N) is 2. The quantitative estimate of drug-likeness (QED) is 0.487. The van der Waals surface area contributed by atoms with Crippen LogP contribution in [-0.2, 0) is 7.05 Å². The lowest BCUT2D eigenvalue weighted by Gasteiger charge is -1.96. The number of hydrogen-bond donors (Lipinski definition) is 0. The summed E-state index contributed by atoms with van der Waals surface area (Å²) in [5.41, 5.74) is 2.35. The highest BCUT2D eigenvalue weighted by molar-refractivity contribution is 6.33. The molecule has 0 saturated carbocycles. The summed E-state index contributed by atoms with van der Waals surface area (Å²) in [6.45, 7) is 1.85. The van der Waals surface area contributed by atoms with Gasteiger partial charge in [0, 0.05) is 12.1 Å². The molecule has 2 rings (SSSR count). The van der Waals surface area contributed by atoms with E-state index in [9.17, 15) is 4.79 Å². The fourth-order valence-electron chi connectivity index (χ4n) is 1.84. The Bertz CT molecular complexity index is 669. The maximum absolute atomic E-state index is 12.0. The van der Waals surface area contributed by atoms with Gasteiger partial charge in [0.25, 0.3) is 0 Å². The van der Waals surface area contributed by atoms with Crippen molar-refractivity contribution in [1.29, 1.82) is 0 Å². The number of benzene rings is 1. The van der Waals surface area contributed by atoms with Gasteiger partial charge < -0.3 is 0 Å². The lowest BCUT2D eigenvalue weighted by Crippen LogP contribution is -2.03. The lowest BCUT2D eigenvalue weighted by molar-refractivity contribution is 0.103. The summed E-state index contributed by atoms with van der Waals surface area (Å²) < 4.78 is 1.57. The van der Waals surface area contributed by atoms with Gasteiger partial charge in [-0.15, -0.1) is 0 Å². The van der Waals surface area contributed by atoms with Crippen molar-refractivity contribution in [3.05, 3.63) is 70.5 Å². The molecule has 0 unspecified atom stereocenters. The highest BCUT2D eigenvalue weighted by atomic mass is 35.5. The molecule has 102 valence electrons. The van der Waals surface area contributed by atoms with Gasteiger partial charge in [0.2, 0.25) is 5.78 Å². The Morgan fingerprint density at radius 1 is 1.25 bits per heavy atom. The Kier molecular flexibility index (Phi) is 4.53. The molecule has 1 heterocycles. The van der Waals surface area contributed by atoms with Gasteiger partial charge in [0.15, 0.2) is 0 Å². The van der Waals surface area contributed by atoms with Crippen LogP contribution in [0.15, 0.2) is 53.6 Å². The Labute approximate surface area is 123 Å². The topological polar surface area (TPSA) is 34.9 Å². The summed E-state index contributed by atoms with van der Waals surface area (Å²) in [5, 5.41) is 4.64. The van der Waals surface area contributed by atoms with E-state index in [2.05, 4.69) is 5.10 Å². The number of rotatable bonds is 4. The molecule has 0 atom stereocenters. The predicted octanol–water partition coefficient (Wildman–Crippen LogP) is 3.75. The molecule has 0 fully saturated rings. The van der Waals surface area contributed by atoms with Crippen LogP contribution in [0.25, 0.3) is 6.08 Å². The molecule has 0 radical (unpaired) electrons. The molecule has 0 saturated heterocycles. The highest BCUT2D eigenvalue weighted by Gasteiger charge is 2.08. The number of hydrogen-bond acceptors (Lipinski definition) is 2. The van der Waals surface area contributed by atoms with E-state index in [4.69, 9.17) is 11.6 Å². The van der Waals surface area contributed by atoms with Crippen LogP contribution in [0.3, 0.4) is 0 Å². The Morgan fingerprint density at radius 2 is 1.95 bits per heavy atom. The molecule has 0 spiro atoms. The minimum absolute atomic E-state index is 0.118. The van der Waals surface area contributed by atoms with E-state index >= 15 is 0 Å². The lowest BCUT2D eigenvalue weighted by atomic mass is 10.2. The summed E-state index contributed by atoms with van der Waals surface area (Å²) >= 11 is 6.09. The molecule has 1 aromatic heterocycles. The molecule has 2 aromatic rings. The Balaban J connectivity index is 2.11. The highest BCUT2D eigenvalue weighted by Crippen LogP contribution is 2.12. The molecular formula is C16H15ClN2O. The molecule has 3 nitrogen and oxygen atoms in total. The van der Waals surface area contributed by atoms with Crippen LogP contribution < -0.4 is 0 Å². The van der Waals surface area contributed by atoms with E-state index in [0.29, 0.717) is 10.7 Å². The van der Waals surface area contributed by atoms with Crippen LogP contribution in [0.5, 0.6) is 0 Å². The molecule has 0 aliphatic heterocycles. The van der Waals surface area contributed by atoms with Crippen molar-refractivity contribution < 1.29 is 4.79 Å². The summed E-state index contributed by atoms with van der Waals surface area (Å²) in [7, 11) is 1.75. The summed E-state index contributed by atoms with van der Waals surface area (Å²) in [4.78, 5) is 12.0. The fraction of sp³-hybridized carbons (Fsp3) is 0.125.